The van der Waals surface area contributed by atoms with Crippen molar-refractivity contribution in [2.24, 2.45) is 0 Å². The molecule has 0 aromatic rings. The van der Waals surface area contributed by atoms with E-state index in [2.05, 4.69) is 12.3 Å². The molecule has 3 nitrogen and oxygen atoms in total. The van der Waals surface area contributed by atoms with Crippen LogP contribution in [0, 0.1) is 10.1 Å². The number of nitrogens with zero attached hydrogens (tertiary/aromatic N) is 1. The number of hydrogen-bond donors (Lipinski definition) is 0. The number of nitro groups is 1. The van der Waals surface area contributed by atoms with Gasteiger partial charge in [-0.15, -0.1) is 5.73 Å². The van der Waals surface area contributed by atoms with Crippen LogP contribution in [0.15, 0.2) is 17.9 Å². The standard InChI is InChI=1S/C5H7NO2/c1-3-5(2)4-6(7)8/h1,4H2,2H3. The van der Waals surface area contributed by atoms with E-state index in [1.54, 1.807) is 6.92 Å². The smallest absolute Gasteiger partial charge is 0.231 e. The maximum Gasteiger partial charge on any atom is 0.231 e. The summed E-state index contributed by atoms with van der Waals surface area (Å²) in [5.41, 5.74) is 2.99. The minimum absolute atomic E-state index is 0.149. The summed E-state index contributed by atoms with van der Waals surface area (Å²) in [6.07, 6.45) is 0. The highest BCUT2D eigenvalue weighted by Gasteiger charge is 1.94. The topological polar surface area (TPSA) is 43.1 Å². The zero-order valence-corrected chi connectivity index (χ0v) is 4.68. The fourth-order valence-electron chi connectivity index (χ4n) is 0.250. The zero-order chi connectivity index (χ0) is 6.57. The molecule has 0 saturated heterocycles. The first-order valence-electron chi connectivity index (χ1n) is 2.14. The lowest BCUT2D eigenvalue weighted by Gasteiger charge is -1.85. The van der Waals surface area contributed by atoms with Gasteiger partial charge in [0.2, 0.25) is 6.54 Å². The molecule has 3 heteroatoms. The summed E-state index contributed by atoms with van der Waals surface area (Å²) in [7, 11) is 0. The van der Waals surface area contributed by atoms with E-state index in [1.807, 2.05) is 0 Å². The van der Waals surface area contributed by atoms with Crippen molar-refractivity contribution in [3.8, 4) is 0 Å². The molecule has 0 saturated carbocycles. The van der Waals surface area contributed by atoms with Crippen molar-refractivity contribution in [3.05, 3.63) is 28.0 Å². The van der Waals surface area contributed by atoms with Crippen LogP contribution in [0.25, 0.3) is 0 Å². The Hall–Kier alpha value is -1.08. The van der Waals surface area contributed by atoms with Gasteiger partial charge in [-0.1, -0.05) is 6.58 Å². The fourth-order valence-corrected chi connectivity index (χ4v) is 0.250. The van der Waals surface area contributed by atoms with Crippen molar-refractivity contribution in [2.75, 3.05) is 6.54 Å². The van der Waals surface area contributed by atoms with Crippen LogP contribution in [0.4, 0.5) is 0 Å². The molecule has 0 N–H and O–H groups in total. The van der Waals surface area contributed by atoms with Crippen LogP contribution < -0.4 is 0 Å². The third kappa shape index (κ3) is 3.12. The van der Waals surface area contributed by atoms with Crippen molar-refractivity contribution >= 4 is 0 Å². The van der Waals surface area contributed by atoms with Gasteiger partial charge in [0.05, 0.1) is 0 Å². The second-order valence-electron chi connectivity index (χ2n) is 1.45. The molecule has 0 aromatic heterocycles. The summed E-state index contributed by atoms with van der Waals surface area (Å²) in [6, 6.07) is 0. The molecule has 0 bridgehead atoms. The quantitative estimate of drug-likeness (QED) is 0.304. The van der Waals surface area contributed by atoms with E-state index < -0.39 is 4.92 Å². The molecule has 0 aliphatic rings. The molecule has 0 heterocycles. The third-order valence-corrected chi connectivity index (χ3v) is 0.668. The van der Waals surface area contributed by atoms with Gasteiger partial charge in [-0.3, -0.25) is 10.1 Å². The first-order chi connectivity index (χ1) is 3.66. The molecule has 0 amide bonds. The van der Waals surface area contributed by atoms with E-state index in [-0.39, 0.29) is 6.54 Å². The van der Waals surface area contributed by atoms with Crippen molar-refractivity contribution in [3.63, 3.8) is 0 Å². The number of rotatable bonds is 2. The van der Waals surface area contributed by atoms with E-state index in [0.29, 0.717) is 5.57 Å². The summed E-state index contributed by atoms with van der Waals surface area (Å²) in [5, 5.41) is 9.69. The van der Waals surface area contributed by atoms with Gasteiger partial charge >= 0.3 is 0 Å². The Kier molecular flexibility index (Phi) is 2.59. The molecule has 0 unspecified atom stereocenters. The van der Waals surface area contributed by atoms with E-state index in [4.69, 9.17) is 0 Å². The molecule has 0 atom stereocenters. The average molecular weight is 113 g/mol. The maximum absolute atomic E-state index is 9.69. The Balaban J connectivity index is 3.74. The second-order valence-corrected chi connectivity index (χ2v) is 1.45. The average Bonchev–Trinajstić information content (AvgIpc) is 1.65. The molecule has 0 radical (unpaired) electrons. The van der Waals surface area contributed by atoms with Gasteiger partial charge in [0.15, 0.2) is 0 Å². The molecule has 0 rings (SSSR count). The van der Waals surface area contributed by atoms with Gasteiger partial charge in [-0.25, -0.2) is 0 Å². The van der Waals surface area contributed by atoms with Crippen molar-refractivity contribution in [1.29, 1.82) is 0 Å². The lowest BCUT2D eigenvalue weighted by molar-refractivity contribution is -0.470. The SMILES string of the molecule is C=C=C(C)C[N+](=O)[O-]. The molecule has 0 aliphatic carbocycles. The Morgan fingerprint density at radius 1 is 2.00 bits per heavy atom. The highest BCUT2D eigenvalue weighted by atomic mass is 16.6. The summed E-state index contributed by atoms with van der Waals surface area (Å²) in [6.45, 7) is 4.72. The van der Waals surface area contributed by atoms with Crippen LogP contribution in [0.5, 0.6) is 0 Å². The van der Waals surface area contributed by atoms with Crippen molar-refractivity contribution in [1.82, 2.24) is 0 Å². The van der Waals surface area contributed by atoms with Crippen LogP contribution in [-0.2, 0) is 0 Å². The Morgan fingerprint density at radius 2 is 2.50 bits per heavy atom. The molecular weight excluding hydrogens is 106 g/mol. The highest BCUT2D eigenvalue weighted by Crippen LogP contribution is 1.86. The first kappa shape index (κ1) is 6.92. The normalized spacial score (nSPS) is 7.62. The van der Waals surface area contributed by atoms with Gasteiger partial charge in [0, 0.05) is 10.5 Å². The summed E-state index contributed by atoms with van der Waals surface area (Å²) < 4.78 is 0. The van der Waals surface area contributed by atoms with Crippen LogP contribution in [0.2, 0.25) is 0 Å². The molecule has 0 aliphatic heterocycles. The van der Waals surface area contributed by atoms with Gasteiger partial charge in [0.1, 0.15) is 0 Å². The summed E-state index contributed by atoms with van der Waals surface area (Å²) >= 11 is 0. The molecular formula is C5H7NO2. The number of hydrogen-bond acceptors (Lipinski definition) is 2. The van der Waals surface area contributed by atoms with Crippen LogP contribution in [-0.4, -0.2) is 11.5 Å². The first-order valence-corrected chi connectivity index (χ1v) is 2.14. The summed E-state index contributed by atoms with van der Waals surface area (Å²) in [5.74, 6) is 0. The predicted octanol–water partition coefficient (Wildman–Crippen LogP) is 0.994. The fraction of sp³-hybridized carbons (Fsp3) is 0.400. The Labute approximate surface area is 47.5 Å². The van der Waals surface area contributed by atoms with E-state index >= 15 is 0 Å². The second kappa shape index (κ2) is 2.99. The van der Waals surface area contributed by atoms with E-state index in [1.165, 1.54) is 0 Å². The molecule has 44 valence electrons. The maximum atomic E-state index is 9.69. The minimum Gasteiger partial charge on any atom is -0.264 e. The van der Waals surface area contributed by atoms with Gasteiger partial charge in [-0.2, -0.15) is 0 Å². The lowest BCUT2D eigenvalue weighted by Crippen LogP contribution is -2.00. The van der Waals surface area contributed by atoms with E-state index in [0.717, 1.165) is 0 Å². The molecule has 0 aromatic carbocycles. The zero-order valence-electron chi connectivity index (χ0n) is 4.68. The van der Waals surface area contributed by atoms with Gasteiger partial charge < -0.3 is 0 Å². The highest BCUT2D eigenvalue weighted by molar-refractivity contribution is 4.93. The lowest BCUT2D eigenvalue weighted by atomic mass is 10.3. The van der Waals surface area contributed by atoms with Crippen molar-refractivity contribution < 1.29 is 4.92 Å². The van der Waals surface area contributed by atoms with Crippen LogP contribution in [0.1, 0.15) is 6.92 Å². The molecule has 0 spiro atoms. The minimum atomic E-state index is -0.409. The molecule has 0 fully saturated rings. The van der Waals surface area contributed by atoms with Gasteiger partial charge in [0.25, 0.3) is 0 Å². The van der Waals surface area contributed by atoms with Gasteiger partial charge in [-0.05, 0) is 6.92 Å². The Morgan fingerprint density at radius 3 is 2.62 bits per heavy atom. The van der Waals surface area contributed by atoms with Crippen LogP contribution >= 0.6 is 0 Å². The molecule has 8 heavy (non-hydrogen) atoms. The van der Waals surface area contributed by atoms with Crippen LogP contribution in [0.3, 0.4) is 0 Å². The Bertz CT molecular complexity index is 145. The summed E-state index contributed by atoms with van der Waals surface area (Å²) in [4.78, 5) is 9.28. The third-order valence-electron chi connectivity index (χ3n) is 0.668. The predicted molar refractivity (Wildman–Crippen MR) is 30.2 cm³/mol. The largest absolute Gasteiger partial charge is 0.264 e. The van der Waals surface area contributed by atoms with Crippen molar-refractivity contribution in [2.45, 2.75) is 6.92 Å². The monoisotopic (exact) mass is 113 g/mol. The van der Waals surface area contributed by atoms with E-state index in [9.17, 15) is 10.1 Å².